The molecule has 9 nitrogen and oxygen atoms in total. The van der Waals surface area contributed by atoms with Crippen molar-refractivity contribution in [2.45, 2.75) is 37.6 Å². The number of amides is 3. The molecule has 3 amide bonds. The van der Waals surface area contributed by atoms with Gasteiger partial charge in [-0.05, 0) is 32.4 Å². The summed E-state index contributed by atoms with van der Waals surface area (Å²) in [6.07, 6.45) is -0.150. The van der Waals surface area contributed by atoms with Gasteiger partial charge in [-0.1, -0.05) is 0 Å². The number of hydrogen-bond donors (Lipinski definition) is 4. The molecule has 4 N–H and O–H groups in total. The average Bonchev–Trinajstić information content (AvgIpc) is 2.55. The summed E-state index contributed by atoms with van der Waals surface area (Å²) in [5, 5.41) is 2.33. The minimum Gasteiger partial charge on any atom is -0.346 e. The van der Waals surface area contributed by atoms with Crippen LogP contribution < -0.4 is 20.9 Å². The Hall–Kier alpha value is -2.60. The van der Waals surface area contributed by atoms with Gasteiger partial charge in [0, 0.05) is 25.1 Å². The quantitative estimate of drug-likeness (QED) is 0.280. The molecule has 0 aliphatic carbocycles. The highest BCUT2D eigenvalue weighted by Gasteiger charge is 2.19. The molecule has 27 heavy (non-hydrogen) atoms. The summed E-state index contributed by atoms with van der Waals surface area (Å²) in [5.74, 6) is -4.77. The lowest BCUT2D eigenvalue weighted by Crippen LogP contribution is -2.49. The lowest BCUT2D eigenvalue weighted by Gasteiger charge is -2.10. The molecule has 150 valence electrons. The van der Waals surface area contributed by atoms with E-state index in [-0.39, 0.29) is 25.4 Å². The third kappa shape index (κ3) is 7.66. The van der Waals surface area contributed by atoms with Gasteiger partial charge in [0.2, 0.25) is 15.9 Å². The Bertz CT molecular complexity index is 814. The molecule has 0 radical (unpaired) electrons. The predicted molar refractivity (Wildman–Crippen MR) is 90.3 cm³/mol. The summed E-state index contributed by atoms with van der Waals surface area (Å²) >= 11 is 0. The highest BCUT2D eigenvalue weighted by atomic mass is 32.2. The fraction of sp³-hybridized carbons (Fsp3) is 0.400. The van der Waals surface area contributed by atoms with Crippen LogP contribution in [0.25, 0.3) is 0 Å². The Morgan fingerprint density at radius 2 is 1.74 bits per heavy atom. The molecule has 0 spiro atoms. The van der Waals surface area contributed by atoms with Crippen LogP contribution in [0.1, 0.15) is 26.7 Å². The molecular weight excluding hydrogens is 386 g/mol. The van der Waals surface area contributed by atoms with Crippen LogP contribution in [0.4, 0.5) is 8.78 Å². The van der Waals surface area contributed by atoms with E-state index in [1.165, 1.54) is 0 Å². The highest BCUT2D eigenvalue weighted by molar-refractivity contribution is 7.89. The van der Waals surface area contributed by atoms with Crippen molar-refractivity contribution in [1.82, 2.24) is 20.9 Å². The fourth-order valence-electron chi connectivity index (χ4n) is 1.80. The Labute approximate surface area is 154 Å². The summed E-state index contributed by atoms with van der Waals surface area (Å²) in [4.78, 5) is 33.5. The van der Waals surface area contributed by atoms with Gasteiger partial charge in [-0.2, -0.15) is 0 Å². The maximum atomic E-state index is 13.5. The molecule has 0 bridgehead atoms. The average molecular weight is 406 g/mol. The molecule has 0 saturated heterocycles. The minimum absolute atomic E-state index is 0.0297. The van der Waals surface area contributed by atoms with Crippen molar-refractivity contribution in [2.24, 2.45) is 0 Å². The Kier molecular flexibility index (Phi) is 8.25. The molecule has 0 fully saturated rings. The second-order valence-electron chi connectivity index (χ2n) is 5.71. The van der Waals surface area contributed by atoms with E-state index in [0.29, 0.717) is 6.07 Å². The second kappa shape index (κ2) is 9.92. The van der Waals surface area contributed by atoms with Gasteiger partial charge in [-0.25, -0.2) is 21.9 Å². The molecule has 1 aromatic carbocycles. The van der Waals surface area contributed by atoms with Crippen LogP contribution in [0.3, 0.4) is 0 Å². The van der Waals surface area contributed by atoms with Crippen LogP contribution in [-0.2, 0) is 24.4 Å². The first-order valence-corrected chi connectivity index (χ1v) is 9.35. The topological polar surface area (TPSA) is 133 Å². The van der Waals surface area contributed by atoms with E-state index < -0.39 is 44.3 Å². The molecule has 0 heterocycles. The summed E-state index contributed by atoms with van der Waals surface area (Å²) in [6, 6.07) is 1.79. The van der Waals surface area contributed by atoms with Gasteiger partial charge in [0.05, 0.1) is 0 Å². The number of hydrogen-bond acceptors (Lipinski definition) is 5. The van der Waals surface area contributed by atoms with Crippen LogP contribution in [0, 0.1) is 11.6 Å². The molecule has 0 aliphatic rings. The zero-order valence-electron chi connectivity index (χ0n) is 14.6. The summed E-state index contributed by atoms with van der Waals surface area (Å²) in [6.45, 7) is 3.11. The Balaban J connectivity index is 2.37. The molecule has 0 saturated carbocycles. The first kappa shape index (κ1) is 22.4. The van der Waals surface area contributed by atoms with Gasteiger partial charge < -0.3 is 5.32 Å². The minimum atomic E-state index is -4.20. The largest absolute Gasteiger partial charge is 0.346 e. The third-order valence-corrected chi connectivity index (χ3v) is 4.49. The summed E-state index contributed by atoms with van der Waals surface area (Å²) in [7, 11) is -4.20. The van der Waals surface area contributed by atoms with E-state index in [1.807, 2.05) is 10.9 Å². The number of carbonyl (C=O) groups excluding carboxylic acids is 3. The predicted octanol–water partition coefficient (Wildman–Crippen LogP) is -0.305. The monoisotopic (exact) mass is 406 g/mol. The van der Waals surface area contributed by atoms with Crippen molar-refractivity contribution in [3.05, 3.63) is 29.8 Å². The normalized spacial score (nSPS) is 11.1. The van der Waals surface area contributed by atoms with Crippen LogP contribution in [0.5, 0.6) is 0 Å². The van der Waals surface area contributed by atoms with Crippen molar-refractivity contribution in [3.8, 4) is 0 Å². The lowest BCUT2D eigenvalue weighted by molar-refractivity contribution is -0.141. The zero-order chi connectivity index (χ0) is 20.6. The van der Waals surface area contributed by atoms with Crippen LogP contribution >= 0.6 is 0 Å². The molecular formula is C15H20F2N4O5S. The number of sulfonamides is 1. The Morgan fingerprint density at radius 1 is 1.07 bits per heavy atom. The van der Waals surface area contributed by atoms with Crippen LogP contribution in [0.2, 0.25) is 0 Å². The van der Waals surface area contributed by atoms with Gasteiger partial charge >= 0.3 is 11.8 Å². The number of carbonyl (C=O) groups is 3. The van der Waals surface area contributed by atoms with Gasteiger partial charge in [0.25, 0.3) is 0 Å². The van der Waals surface area contributed by atoms with Crippen molar-refractivity contribution in [2.75, 3.05) is 6.54 Å². The number of hydrazine groups is 1. The standard InChI is InChI=1S/C15H20F2N4O5S/c1-9(2)19-14(23)15(24)21-20-13(22)4-3-7-18-27(25,26)12-6-5-10(16)8-11(12)17/h5-6,8-9,18H,3-4,7H2,1-2H3,(H,19,23)(H,20,22)(H,21,24). The van der Waals surface area contributed by atoms with E-state index in [0.717, 1.165) is 12.1 Å². The van der Waals surface area contributed by atoms with Crippen LogP contribution in [-0.4, -0.2) is 38.7 Å². The smallest absolute Gasteiger partial charge is 0.327 e. The van der Waals surface area contributed by atoms with E-state index in [9.17, 15) is 31.6 Å². The van der Waals surface area contributed by atoms with E-state index in [1.54, 1.807) is 13.8 Å². The molecule has 0 unspecified atom stereocenters. The second-order valence-corrected chi connectivity index (χ2v) is 7.44. The number of halogens is 2. The maximum absolute atomic E-state index is 13.5. The lowest BCUT2D eigenvalue weighted by atomic mass is 10.3. The third-order valence-electron chi connectivity index (χ3n) is 3.00. The Morgan fingerprint density at radius 3 is 2.33 bits per heavy atom. The van der Waals surface area contributed by atoms with Crippen LogP contribution in [0.15, 0.2) is 23.1 Å². The van der Waals surface area contributed by atoms with E-state index in [4.69, 9.17) is 0 Å². The SMILES string of the molecule is CC(C)NC(=O)C(=O)NNC(=O)CCCNS(=O)(=O)c1ccc(F)cc1F. The first-order chi connectivity index (χ1) is 12.5. The van der Waals surface area contributed by atoms with Crippen molar-refractivity contribution >= 4 is 27.7 Å². The molecule has 0 atom stereocenters. The maximum Gasteiger partial charge on any atom is 0.327 e. The number of rotatable bonds is 7. The molecule has 0 aliphatic heterocycles. The van der Waals surface area contributed by atoms with Crippen molar-refractivity contribution in [1.29, 1.82) is 0 Å². The summed E-state index contributed by atoms with van der Waals surface area (Å²) < 4.78 is 52.2. The van der Waals surface area contributed by atoms with E-state index >= 15 is 0 Å². The summed E-state index contributed by atoms with van der Waals surface area (Å²) in [5.41, 5.74) is 3.91. The van der Waals surface area contributed by atoms with Gasteiger partial charge in [0.1, 0.15) is 16.5 Å². The van der Waals surface area contributed by atoms with Gasteiger partial charge in [-0.3, -0.25) is 25.2 Å². The zero-order valence-corrected chi connectivity index (χ0v) is 15.5. The van der Waals surface area contributed by atoms with Gasteiger partial charge in [0.15, 0.2) is 0 Å². The number of nitrogens with one attached hydrogen (secondary N) is 4. The molecule has 12 heteroatoms. The van der Waals surface area contributed by atoms with Gasteiger partial charge in [-0.15, -0.1) is 0 Å². The molecule has 1 aromatic rings. The van der Waals surface area contributed by atoms with E-state index in [2.05, 4.69) is 10.0 Å². The van der Waals surface area contributed by atoms with Crippen molar-refractivity contribution in [3.63, 3.8) is 0 Å². The highest BCUT2D eigenvalue weighted by Crippen LogP contribution is 2.15. The fourth-order valence-corrected chi connectivity index (χ4v) is 2.93. The first-order valence-electron chi connectivity index (χ1n) is 7.87. The molecule has 1 rings (SSSR count). The van der Waals surface area contributed by atoms with Crippen molar-refractivity contribution < 1.29 is 31.6 Å². The molecule has 0 aromatic heterocycles. The number of benzene rings is 1.